The summed E-state index contributed by atoms with van der Waals surface area (Å²) in [6, 6.07) is 19.2. The smallest absolute Gasteiger partial charge is 0.230 e. The van der Waals surface area contributed by atoms with Gasteiger partial charge in [0.15, 0.2) is 0 Å². The standard InChI is InChI=1S/C22H18ClN5OS/c23-19-4-2-1-3-17(19)13-25-21(29)14-30-22-10-9-20(26-27-22)16-5-7-18(8-6-16)28-12-11-24-15-28/h1-12,15H,13-14H2,(H,25,29). The Morgan fingerprint density at radius 3 is 2.57 bits per heavy atom. The number of nitrogens with one attached hydrogen (secondary N) is 1. The zero-order valence-corrected chi connectivity index (χ0v) is 17.5. The molecule has 0 aliphatic heterocycles. The normalized spacial score (nSPS) is 10.7. The molecule has 2 aromatic carbocycles. The van der Waals surface area contributed by atoms with E-state index in [9.17, 15) is 4.79 Å². The number of nitrogens with zero attached hydrogens (tertiary/aromatic N) is 4. The number of imidazole rings is 1. The molecular formula is C22H18ClN5OS. The highest BCUT2D eigenvalue weighted by Gasteiger charge is 2.07. The summed E-state index contributed by atoms with van der Waals surface area (Å²) in [5.74, 6) is 0.179. The van der Waals surface area contributed by atoms with E-state index in [0.717, 1.165) is 22.5 Å². The third-order valence-corrected chi connectivity index (χ3v) is 5.68. The van der Waals surface area contributed by atoms with Crippen molar-refractivity contribution in [2.24, 2.45) is 0 Å². The summed E-state index contributed by atoms with van der Waals surface area (Å²) in [5.41, 5.74) is 3.67. The monoisotopic (exact) mass is 435 g/mol. The van der Waals surface area contributed by atoms with E-state index in [1.807, 2.05) is 65.4 Å². The fourth-order valence-corrected chi connectivity index (χ4v) is 3.64. The molecule has 1 amide bonds. The van der Waals surface area contributed by atoms with Crippen LogP contribution in [0.15, 0.2) is 84.4 Å². The quantitative estimate of drug-likeness (QED) is 0.436. The highest BCUT2D eigenvalue weighted by molar-refractivity contribution is 7.99. The zero-order valence-electron chi connectivity index (χ0n) is 15.9. The Hall–Kier alpha value is -3.16. The number of thioether (sulfide) groups is 1. The van der Waals surface area contributed by atoms with Crippen LogP contribution in [0.25, 0.3) is 16.9 Å². The first-order valence-corrected chi connectivity index (χ1v) is 10.6. The minimum absolute atomic E-state index is 0.0825. The van der Waals surface area contributed by atoms with Crippen LogP contribution in [0.5, 0.6) is 0 Å². The number of hydrogen-bond acceptors (Lipinski definition) is 5. The number of rotatable bonds is 7. The number of carbonyl (C=O) groups excluding carboxylic acids is 1. The summed E-state index contributed by atoms with van der Waals surface area (Å²) in [7, 11) is 0. The molecule has 8 heteroatoms. The molecule has 0 saturated heterocycles. The Balaban J connectivity index is 1.30. The van der Waals surface area contributed by atoms with E-state index in [0.29, 0.717) is 16.6 Å². The second kappa shape index (κ2) is 9.56. The predicted molar refractivity (Wildman–Crippen MR) is 119 cm³/mol. The molecule has 4 aromatic rings. The van der Waals surface area contributed by atoms with Crippen LogP contribution in [0.3, 0.4) is 0 Å². The third-order valence-electron chi connectivity index (χ3n) is 4.39. The molecule has 0 spiro atoms. The maximum absolute atomic E-state index is 12.1. The molecule has 0 fully saturated rings. The highest BCUT2D eigenvalue weighted by Crippen LogP contribution is 2.21. The van der Waals surface area contributed by atoms with Crippen LogP contribution in [0.4, 0.5) is 0 Å². The Labute approximate surface area is 183 Å². The SMILES string of the molecule is O=C(CSc1ccc(-c2ccc(-n3ccnc3)cc2)nn1)NCc1ccccc1Cl. The molecular weight excluding hydrogens is 418 g/mol. The van der Waals surface area contributed by atoms with Crippen molar-refractivity contribution >= 4 is 29.3 Å². The van der Waals surface area contributed by atoms with Gasteiger partial charge < -0.3 is 9.88 Å². The first kappa shape index (κ1) is 20.1. The lowest BCUT2D eigenvalue weighted by atomic mass is 10.1. The van der Waals surface area contributed by atoms with Crippen molar-refractivity contribution in [1.82, 2.24) is 25.1 Å². The van der Waals surface area contributed by atoms with Crippen LogP contribution < -0.4 is 5.32 Å². The summed E-state index contributed by atoms with van der Waals surface area (Å²) in [6.45, 7) is 0.402. The van der Waals surface area contributed by atoms with Crippen molar-refractivity contribution in [3.63, 3.8) is 0 Å². The molecule has 6 nitrogen and oxygen atoms in total. The Kier molecular flexibility index (Phi) is 6.41. The van der Waals surface area contributed by atoms with Gasteiger partial charge in [-0.3, -0.25) is 4.79 Å². The maximum Gasteiger partial charge on any atom is 0.230 e. The molecule has 2 heterocycles. The number of aromatic nitrogens is 4. The second-order valence-corrected chi connectivity index (χ2v) is 7.83. The molecule has 0 saturated carbocycles. The van der Waals surface area contributed by atoms with Crippen LogP contribution in [0.1, 0.15) is 5.56 Å². The molecule has 0 unspecified atom stereocenters. The van der Waals surface area contributed by atoms with E-state index in [1.165, 1.54) is 11.8 Å². The van der Waals surface area contributed by atoms with Crippen molar-refractivity contribution in [3.05, 3.63) is 90.0 Å². The van der Waals surface area contributed by atoms with E-state index in [4.69, 9.17) is 11.6 Å². The summed E-state index contributed by atoms with van der Waals surface area (Å²) < 4.78 is 1.94. The van der Waals surface area contributed by atoms with E-state index >= 15 is 0 Å². The molecule has 0 bridgehead atoms. The van der Waals surface area contributed by atoms with E-state index in [2.05, 4.69) is 20.5 Å². The number of carbonyl (C=O) groups is 1. The Bertz CT molecular complexity index is 1120. The van der Waals surface area contributed by atoms with Gasteiger partial charge in [-0.25, -0.2) is 4.98 Å². The van der Waals surface area contributed by atoms with Crippen molar-refractivity contribution in [1.29, 1.82) is 0 Å². The maximum atomic E-state index is 12.1. The first-order valence-electron chi connectivity index (χ1n) is 9.24. The van der Waals surface area contributed by atoms with Crippen LogP contribution >= 0.6 is 23.4 Å². The van der Waals surface area contributed by atoms with Crippen molar-refractivity contribution in [3.8, 4) is 16.9 Å². The van der Waals surface area contributed by atoms with E-state index in [-0.39, 0.29) is 11.7 Å². The van der Waals surface area contributed by atoms with Gasteiger partial charge in [0.05, 0.1) is 17.8 Å². The van der Waals surface area contributed by atoms with Crippen LogP contribution in [0, 0.1) is 0 Å². The van der Waals surface area contributed by atoms with Crippen molar-refractivity contribution < 1.29 is 4.79 Å². The van der Waals surface area contributed by atoms with Crippen molar-refractivity contribution in [2.45, 2.75) is 11.6 Å². The number of halogens is 1. The number of benzene rings is 2. The summed E-state index contributed by atoms with van der Waals surface area (Å²) in [6.07, 6.45) is 5.39. The number of hydrogen-bond donors (Lipinski definition) is 1. The summed E-state index contributed by atoms with van der Waals surface area (Å²) in [5, 5.41) is 12.7. The molecule has 0 radical (unpaired) electrons. The zero-order chi connectivity index (χ0) is 20.8. The molecule has 30 heavy (non-hydrogen) atoms. The average Bonchev–Trinajstić information content (AvgIpc) is 3.33. The van der Waals surface area contributed by atoms with Gasteiger partial charge in [0.1, 0.15) is 5.03 Å². The molecule has 2 aromatic heterocycles. The molecule has 0 atom stereocenters. The van der Waals surface area contributed by atoms with Gasteiger partial charge in [0.2, 0.25) is 5.91 Å². The van der Waals surface area contributed by atoms with E-state index < -0.39 is 0 Å². The Morgan fingerprint density at radius 1 is 1.03 bits per heavy atom. The fraction of sp³-hybridized carbons (Fsp3) is 0.0909. The molecule has 0 aliphatic rings. The lowest BCUT2D eigenvalue weighted by Crippen LogP contribution is -2.24. The minimum atomic E-state index is -0.0825. The molecule has 1 N–H and O–H groups in total. The van der Waals surface area contributed by atoms with Crippen molar-refractivity contribution in [2.75, 3.05) is 5.75 Å². The molecule has 0 aliphatic carbocycles. The average molecular weight is 436 g/mol. The van der Waals surface area contributed by atoms with Gasteiger partial charge in [-0.1, -0.05) is 53.7 Å². The topological polar surface area (TPSA) is 72.7 Å². The third kappa shape index (κ3) is 5.06. The largest absolute Gasteiger partial charge is 0.351 e. The van der Waals surface area contributed by atoms with E-state index in [1.54, 1.807) is 18.6 Å². The second-order valence-electron chi connectivity index (χ2n) is 6.43. The lowest BCUT2D eigenvalue weighted by Gasteiger charge is -2.07. The first-order chi connectivity index (χ1) is 14.7. The van der Waals surface area contributed by atoms with Gasteiger partial charge in [0.25, 0.3) is 0 Å². The van der Waals surface area contributed by atoms with Crippen LogP contribution in [0.2, 0.25) is 5.02 Å². The summed E-state index contributed by atoms with van der Waals surface area (Å²) >= 11 is 7.45. The highest BCUT2D eigenvalue weighted by atomic mass is 35.5. The molecule has 4 rings (SSSR count). The van der Waals surface area contributed by atoms with Gasteiger partial charge in [-0.15, -0.1) is 10.2 Å². The van der Waals surface area contributed by atoms with Crippen LogP contribution in [-0.2, 0) is 11.3 Å². The summed E-state index contributed by atoms with van der Waals surface area (Å²) in [4.78, 5) is 16.1. The van der Waals surface area contributed by atoms with Gasteiger partial charge in [-0.2, -0.15) is 0 Å². The molecule has 150 valence electrons. The fourth-order valence-electron chi connectivity index (χ4n) is 2.79. The minimum Gasteiger partial charge on any atom is -0.351 e. The van der Waals surface area contributed by atoms with Crippen LogP contribution in [-0.4, -0.2) is 31.4 Å². The van der Waals surface area contributed by atoms with Gasteiger partial charge in [0, 0.05) is 35.2 Å². The van der Waals surface area contributed by atoms with Gasteiger partial charge >= 0.3 is 0 Å². The van der Waals surface area contributed by atoms with Gasteiger partial charge in [-0.05, 0) is 35.9 Å². The Morgan fingerprint density at radius 2 is 1.87 bits per heavy atom. The predicted octanol–water partition coefficient (Wildman–Crippen LogP) is 4.39. The lowest BCUT2D eigenvalue weighted by molar-refractivity contribution is -0.118. The number of amides is 1.